The van der Waals surface area contributed by atoms with E-state index in [0.29, 0.717) is 26.1 Å². The predicted octanol–water partition coefficient (Wildman–Crippen LogP) is 1.72. The highest BCUT2D eigenvalue weighted by Crippen LogP contribution is 2.12. The van der Waals surface area contributed by atoms with Crippen molar-refractivity contribution in [3.8, 4) is 0 Å². The molecule has 6 nitrogen and oxygen atoms in total. The summed E-state index contributed by atoms with van der Waals surface area (Å²) in [6.45, 7) is 1.67. The van der Waals surface area contributed by atoms with E-state index in [4.69, 9.17) is 0 Å². The Morgan fingerprint density at radius 2 is 1.92 bits per heavy atom. The second-order valence-electron chi connectivity index (χ2n) is 6.18. The molecule has 1 aliphatic rings. The number of hydrogen-bond donors (Lipinski definition) is 2. The van der Waals surface area contributed by atoms with Crippen molar-refractivity contribution in [3.05, 3.63) is 66.0 Å². The maximum atomic E-state index is 12.3. The molecule has 25 heavy (non-hydrogen) atoms. The molecule has 1 atom stereocenters. The number of benzene rings is 1. The van der Waals surface area contributed by atoms with Gasteiger partial charge in [0.15, 0.2) is 0 Å². The molecule has 130 valence electrons. The second kappa shape index (κ2) is 8.28. The van der Waals surface area contributed by atoms with E-state index in [1.54, 1.807) is 12.4 Å². The van der Waals surface area contributed by atoms with E-state index in [2.05, 4.69) is 15.6 Å². The highest BCUT2D eigenvalue weighted by molar-refractivity contribution is 5.79. The summed E-state index contributed by atoms with van der Waals surface area (Å²) >= 11 is 0. The molecule has 3 rings (SSSR count). The number of urea groups is 1. The Labute approximate surface area is 147 Å². The average molecular weight is 338 g/mol. The van der Waals surface area contributed by atoms with Gasteiger partial charge in [0.2, 0.25) is 5.91 Å². The zero-order valence-electron chi connectivity index (χ0n) is 14.0. The van der Waals surface area contributed by atoms with E-state index in [1.165, 1.54) is 0 Å². The third-order valence-electron chi connectivity index (χ3n) is 4.25. The highest BCUT2D eigenvalue weighted by atomic mass is 16.2. The van der Waals surface area contributed by atoms with Crippen molar-refractivity contribution in [2.75, 3.05) is 13.1 Å². The zero-order valence-corrected chi connectivity index (χ0v) is 14.0. The van der Waals surface area contributed by atoms with Crippen LogP contribution in [-0.2, 0) is 17.8 Å². The molecule has 1 saturated heterocycles. The minimum Gasteiger partial charge on any atom is -0.340 e. The summed E-state index contributed by atoms with van der Waals surface area (Å²) in [4.78, 5) is 30.2. The molecule has 0 radical (unpaired) electrons. The number of nitrogens with one attached hydrogen (secondary N) is 2. The van der Waals surface area contributed by atoms with Gasteiger partial charge in [-0.25, -0.2) is 4.79 Å². The van der Waals surface area contributed by atoms with Crippen molar-refractivity contribution >= 4 is 11.9 Å². The van der Waals surface area contributed by atoms with E-state index in [-0.39, 0.29) is 18.0 Å². The van der Waals surface area contributed by atoms with Crippen LogP contribution in [0.15, 0.2) is 54.9 Å². The predicted molar refractivity (Wildman–Crippen MR) is 94.7 cm³/mol. The third-order valence-corrected chi connectivity index (χ3v) is 4.25. The van der Waals surface area contributed by atoms with Gasteiger partial charge in [-0.2, -0.15) is 0 Å². The average Bonchev–Trinajstić information content (AvgIpc) is 3.10. The third kappa shape index (κ3) is 5.04. The Hall–Kier alpha value is -2.89. The number of rotatable bonds is 5. The number of nitrogens with zero attached hydrogens (tertiary/aromatic N) is 2. The van der Waals surface area contributed by atoms with Gasteiger partial charge >= 0.3 is 6.03 Å². The fourth-order valence-corrected chi connectivity index (χ4v) is 2.91. The standard InChI is InChI=1S/C19H22N4O2/c24-18(11-15-5-2-1-3-6-15)23-10-8-17(14-23)22-19(25)21-13-16-7-4-9-20-12-16/h1-7,9,12,17H,8,10-11,13-14H2,(H2,21,22,25)/t17-/m1/s1. The fraction of sp³-hybridized carbons (Fsp3) is 0.316. The number of likely N-dealkylation sites (tertiary alicyclic amines) is 1. The molecule has 2 aromatic rings. The summed E-state index contributed by atoms with van der Waals surface area (Å²) in [7, 11) is 0. The van der Waals surface area contributed by atoms with Gasteiger partial charge in [0, 0.05) is 38.1 Å². The summed E-state index contributed by atoms with van der Waals surface area (Å²) in [5, 5.41) is 5.75. The van der Waals surface area contributed by atoms with Gasteiger partial charge in [-0.15, -0.1) is 0 Å². The summed E-state index contributed by atoms with van der Waals surface area (Å²) in [6, 6.07) is 13.2. The van der Waals surface area contributed by atoms with Crippen molar-refractivity contribution < 1.29 is 9.59 Å². The Bertz CT molecular complexity index is 706. The number of amides is 3. The summed E-state index contributed by atoms with van der Waals surface area (Å²) < 4.78 is 0. The largest absolute Gasteiger partial charge is 0.340 e. The van der Waals surface area contributed by atoms with Crippen LogP contribution in [0.3, 0.4) is 0 Å². The maximum absolute atomic E-state index is 12.3. The highest BCUT2D eigenvalue weighted by Gasteiger charge is 2.27. The number of carbonyl (C=O) groups is 2. The first-order valence-electron chi connectivity index (χ1n) is 8.45. The van der Waals surface area contributed by atoms with Gasteiger partial charge in [-0.3, -0.25) is 9.78 Å². The Morgan fingerprint density at radius 3 is 2.68 bits per heavy atom. The zero-order chi connectivity index (χ0) is 17.5. The molecule has 3 amide bonds. The van der Waals surface area contributed by atoms with Gasteiger partial charge in [0.05, 0.1) is 6.42 Å². The number of pyridine rings is 1. The van der Waals surface area contributed by atoms with Crippen molar-refractivity contribution in [3.63, 3.8) is 0 Å². The fourth-order valence-electron chi connectivity index (χ4n) is 2.91. The lowest BCUT2D eigenvalue weighted by atomic mass is 10.1. The molecule has 0 bridgehead atoms. The lowest BCUT2D eigenvalue weighted by Crippen LogP contribution is -2.43. The minimum atomic E-state index is -0.216. The van der Waals surface area contributed by atoms with Crippen molar-refractivity contribution in [1.29, 1.82) is 0 Å². The molecule has 1 aliphatic heterocycles. The van der Waals surface area contributed by atoms with E-state index in [1.807, 2.05) is 47.4 Å². The van der Waals surface area contributed by atoms with E-state index < -0.39 is 0 Å². The van der Waals surface area contributed by atoms with Gasteiger partial charge in [0.1, 0.15) is 0 Å². The lowest BCUT2D eigenvalue weighted by molar-refractivity contribution is -0.129. The summed E-state index contributed by atoms with van der Waals surface area (Å²) in [5.74, 6) is 0.103. The van der Waals surface area contributed by atoms with Gasteiger partial charge in [0.25, 0.3) is 0 Å². The van der Waals surface area contributed by atoms with Crippen molar-refractivity contribution in [2.45, 2.75) is 25.4 Å². The first-order valence-corrected chi connectivity index (χ1v) is 8.45. The van der Waals surface area contributed by atoms with Crippen molar-refractivity contribution in [1.82, 2.24) is 20.5 Å². The van der Waals surface area contributed by atoms with E-state index in [9.17, 15) is 9.59 Å². The normalized spacial score (nSPS) is 16.5. The molecule has 0 saturated carbocycles. The van der Waals surface area contributed by atoms with Crippen LogP contribution in [0, 0.1) is 0 Å². The number of aromatic nitrogens is 1. The van der Waals surface area contributed by atoms with Crippen LogP contribution in [0.4, 0.5) is 4.79 Å². The van der Waals surface area contributed by atoms with Crippen molar-refractivity contribution in [2.24, 2.45) is 0 Å². The number of carbonyl (C=O) groups excluding carboxylic acids is 2. The van der Waals surface area contributed by atoms with E-state index >= 15 is 0 Å². The van der Waals surface area contributed by atoms with Crippen LogP contribution in [0.2, 0.25) is 0 Å². The van der Waals surface area contributed by atoms with Gasteiger partial charge in [-0.1, -0.05) is 36.4 Å². The molecule has 0 aliphatic carbocycles. The Balaban J connectivity index is 1.41. The Kier molecular flexibility index (Phi) is 5.61. The van der Waals surface area contributed by atoms with Crippen LogP contribution in [-0.4, -0.2) is 41.0 Å². The summed E-state index contributed by atoms with van der Waals surface area (Å²) in [6.07, 6.45) is 4.60. The van der Waals surface area contributed by atoms with Crippen LogP contribution in [0.5, 0.6) is 0 Å². The lowest BCUT2D eigenvalue weighted by Gasteiger charge is -2.17. The van der Waals surface area contributed by atoms with E-state index in [0.717, 1.165) is 17.5 Å². The monoisotopic (exact) mass is 338 g/mol. The molecular formula is C19H22N4O2. The molecule has 0 spiro atoms. The first kappa shape index (κ1) is 17.0. The Morgan fingerprint density at radius 1 is 1.12 bits per heavy atom. The molecule has 1 aromatic carbocycles. The molecule has 0 unspecified atom stereocenters. The molecular weight excluding hydrogens is 316 g/mol. The smallest absolute Gasteiger partial charge is 0.315 e. The quantitative estimate of drug-likeness (QED) is 0.872. The summed E-state index contributed by atoms with van der Waals surface area (Å²) in [5.41, 5.74) is 1.96. The molecule has 2 N–H and O–H groups in total. The van der Waals surface area contributed by atoms with Crippen LogP contribution < -0.4 is 10.6 Å². The number of hydrogen-bond acceptors (Lipinski definition) is 3. The van der Waals surface area contributed by atoms with Gasteiger partial charge in [-0.05, 0) is 23.6 Å². The maximum Gasteiger partial charge on any atom is 0.315 e. The first-order chi connectivity index (χ1) is 12.2. The molecule has 2 heterocycles. The van der Waals surface area contributed by atoms with Crippen LogP contribution in [0.1, 0.15) is 17.5 Å². The minimum absolute atomic E-state index is 0.00591. The molecule has 6 heteroatoms. The van der Waals surface area contributed by atoms with Gasteiger partial charge < -0.3 is 15.5 Å². The molecule has 1 fully saturated rings. The molecule has 1 aromatic heterocycles. The SMILES string of the molecule is O=C(NCc1cccnc1)N[C@@H]1CCN(C(=O)Cc2ccccc2)C1. The topological polar surface area (TPSA) is 74.3 Å². The van der Waals surface area contributed by atoms with Crippen LogP contribution in [0.25, 0.3) is 0 Å². The van der Waals surface area contributed by atoms with Crippen LogP contribution >= 0.6 is 0 Å². The second-order valence-corrected chi connectivity index (χ2v) is 6.18.